The van der Waals surface area contributed by atoms with Crippen molar-refractivity contribution in [2.75, 3.05) is 0 Å². The van der Waals surface area contributed by atoms with Crippen molar-refractivity contribution < 1.29 is 0 Å². The lowest BCUT2D eigenvalue weighted by atomic mass is 9.90. The standard InChI is InChI=1S/C15H24/c1-7-14(6)9-11-15(13(4)5)10-8-12(2)3/h7-8,15H,1,4,6,9-11H2,2-3,5H3. The number of allylic oxidation sites excluding steroid dienone is 5. The van der Waals surface area contributed by atoms with E-state index in [0.29, 0.717) is 5.92 Å². The van der Waals surface area contributed by atoms with Crippen molar-refractivity contribution in [1.29, 1.82) is 0 Å². The van der Waals surface area contributed by atoms with Gasteiger partial charge in [0.05, 0.1) is 0 Å². The Bertz CT molecular complexity index is 262. The van der Waals surface area contributed by atoms with Crippen LogP contribution in [-0.4, -0.2) is 0 Å². The molecule has 0 saturated heterocycles. The number of rotatable bonds is 7. The van der Waals surface area contributed by atoms with E-state index in [1.54, 1.807) is 0 Å². The summed E-state index contributed by atoms with van der Waals surface area (Å²) >= 11 is 0. The van der Waals surface area contributed by atoms with Gasteiger partial charge in [-0.05, 0) is 46.0 Å². The van der Waals surface area contributed by atoms with Crippen LogP contribution in [-0.2, 0) is 0 Å². The Morgan fingerprint density at radius 2 is 1.80 bits per heavy atom. The average molecular weight is 204 g/mol. The van der Waals surface area contributed by atoms with Gasteiger partial charge in [-0.25, -0.2) is 0 Å². The Balaban J connectivity index is 4.17. The maximum absolute atomic E-state index is 4.05. The Kier molecular flexibility index (Phi) is 6.77. The van der Waals surface area contributed by atoms with Gasteiger partial charge in [-0.15, -0.1) is 0 Å². The molecule has 0 aromatic carbocycles. The Labute approximate surface area is 95.1 Å². The zero-order valence-corrected chi connectivity index (χ0v) is 10.5. The van der Waals surface area contributed by atoms with Crippen LogP contribution in [0.3, 0.4) is 0 Å². The molecule has 84 valence electrons. The molecule has 0 radical (unpaired) electrons. The second-order valence-corrected chi connectivity index (χ2v) is 4.46. The van der Waals surface area contributed by atoms with E-state index in [0.717, 1.165) is 24.8 Å². The SMILES string of the molecule is C=CC(=C)CCC(CC=C(C)C)C(=C)C. The third kappa shape index (κ3) is 6.96. The van der Waals surface area contributed by atoms with Gasteiger partial charge < -0.3 is 0 Å². The molecule has 0 bridgehead atoms. The van der Waals surface area contributed by atoms with E-state index >= 15 is 0 Å². The van der Waals surface area contributed by atoms with Gasteiger partial charge in [0.1, 0.15) is 0 Å². The summed E-state index contributed by atoms with van der Waals surface area (Å²) in [6.45, 7) is 18.1. The minimum atomic E-state index is 0.580. The van der Waals surface area contributed by atoms with E-state index in [4.69, 9.17) is 0 Å². The minimum Gasteiger partial charge on any atom is -0.0998 e. The first-order valence-corrected chi connectivity index (χ1v) is 5.56. The fourth-order valence-electron chi connectivity index (χ4n) is 1.41. The molecule has 0 rings (SSSR count). The maximum Gasteiger partial charge on any atom is -0.0171 e. The van der Waals surface area contributed by atoms with Crippen molar-refractivity contribution in [1.82, 2.24) is 0 Å². The molecule has 0 spiro atoms. The topological polar surface area (TPSA) is 0 Å². The van der Waals surface area contributed by atoms with Gasteiger partial charge in [0.15, 0.2) is 0 Å². The predicted molar refractivity (Wildman–Crippen MR) is 70.9 cm³/mol. The summed E-state index contributed by atoms with van der Waals surface area (Å²) in [4.78, 5) is 0. The largest absolute Gasteiger partial charge is 0.0998 e. The molecule has 0 amide bonds. The van der Waals surface area contributed by atoms with E-state index in [9.17, 15) is 0 Å². The minimum absolute atomic E-state index is 0.580. The van der Waals surface area contributed by atoms with Crippen LogP contribution in [0.25, 0.3) is 0 Å². The third-order valence-corrected chi connectivity index (χ3v) is 2.61. The molecule has 0 N–H and O–H groups in total. The third-order valence-electron chi connectivity index (χ3n) is 2.61. The lowest BCUT2D eigenvalue weighted by Gasteiger charge is -2.15. The zero-order valence-electron chi connectivity index (χ0n) is 10.5. The lowest BCUT2D eigenvalue weighted by molar-refractivity contribution is 0.569. The summed E-state index contributed by atoms with van der Waals surface area (Å²) in [7, 11) is 0. The van der Waals surface area contributed by atoms with E-state index in [1.165, 1.54) is 11.1 Å². The van der Waals surface area contributed by atoms with Gasteiger partial charge in [0.25, 0.3) is 0 Å². The molecule has 0 aliphatic rings. The van der Waals surface area contributed by atoms with Crippen LogP contribution < -0.4 is 0 Å². The van der Waals surface area contributed by atoms with E-state index in [2.05, 4.69) is 46.6 Å². The smallest absolute Gasteiger partial charge is 0.0171 e. The maximum atomic E-state index is 4.05. The van der Waals surface area contributed by atoms with E-state index in [1.807, 2.05) is 6.08 Å². The summed E-state index contributed by atoms with van der Waals surface area (Å²) in [5.41, 5.74) is 3.77. The lowest BCUT2D eigenvalue weighted by Crippen LogP contribution is -2.00. The summed E-state index contributed by atoms with van der Waals surface area (Å²) in [6.07, 6.45) is 7.39. The van der Waals surface area contributed by atoms with Gasteiger partial charge in [-0.3, -0.25) is 0 Å². The molecule has 1 atom stereocenters. The highest BCUT2D eigenvalue weighted by Gasteiger charge is 2.07. The van der Waals surface area contributed by atoms with Crippen molar-refractivity contribution in [2.24, 2.45) is 5.92 Å². The molecule has 0 aliphatic carbocycles. The van der Waals surface area contributed by atoms with Crippen molar-refractivity contribution in [3.8, 4) is 0 Å². The molecule has 0 heterocycles. The predicted octanol–water partition coefficient (Wildman–Crippen LogP) is 5.06. The Morgan fingerprint density at radius 3 is 2.20 bits per heavy atom. The molecule has 0 aromatic rings. The van der Waals surface area contributed by atoms with Gasteiger partial charge in [-0.2, -0.15) is 0 Å². The quantitative estimate of drug-likeness (QED) is 0.402. The van der Waals surface area contributed by atoms with Gasteiger partial charge in [0, 0.05) is 0 Å². The van der Waals surface area contributed by atoms with Crippen molar-refractivity contribution >= 4 is 0 Å². The molecular formula is C15H24. The summed E-state index contributed by atoms with van der Waals surface area (Å²) in [6, 6.07) is 0. The molecule has 0 aromatic heterocycles. The van der Waals surface area contributed by atoms with Crippen LogP contribution in [0.15, 0.2) is 48.6 Å². The molecular weight excluding hydrogens is 180 g/mol. The number of hydrogen-bond donors (Lipinski definition) is 0. The Morgan fingerprint density at radius 1 is 1.20 bits per heavy atom. The van der Waals surface area contributed by atoms with Crippen LogP contribution in [0.4, 0.5) is 0 Å². The van der Waals surface area contributed by atoms with Crippen LogP contribution in [0, 0.1) is 5.92 Å². The highest BCUT2D eigenvalue weighted by molar-refractivity contribution is 5.12. The molecule has 0 aliphatic heterocycles. The second kappa shape index (κ2) is 7.28. The fourth-order valence-corrected chi connectivity index (χ4v) is 1.41. The normalized spacial score (nSPS) is 11.7. The van der Waals surface area contributed by atoms with Crippen LogP contribution >= 0.6 is 0 Å². The highest BCUT2D eigenvalue weighted by Crippen LogP contribution is 2.22. The highest BCUT2D eigenvalue weighted by atomic mass is 14.1. The fraction of sp³-hybridized carbons (Fsp3) is 0.467. The summed E-state index contributed by atoms with van der Waals surface area (Å²) in [5.74, 6) is 0.580. The first-order chi connectivity index (χ1) is 6.97. The van der Waals surface area contributed by atoms with Crippen LogP contribution in [0.1, 0.15) is 40.0 Å². The molecule has 0 fully saturated rings. The van der Waals surface area contributed by atoms with Gasteiger partial charge in [0.2, 0.25) is 0 Å². The van der Waals surface area contributed by atoms with Crippen molar-refractivity contribution in [3.05, 3.63) is 48.6 Å². The zero-order chi connectivity index (χ0) is 11.8. The molecule has 1 unspecified atom stereocenters. The second-order valence-electron chi connectivity index (χ2n) is 4.46. The monoisotopic (exact) mass is 204 g/mol. The number of hydrogen-bond acceptors (Lipinski definition) is 0. The first-order valence-electron chi connectivity index (χ1n) is 5.56. The van der Waals surface area contributed by atoms with Crippen LogP contribution in [0.5, 0.6) is 0 Å². The molecule has 15 heavy (non-hydrogen) atoms. The van der Waals surface area contributed by atoms with Crippen molar-refractivity contribution in [2.45, 2.75) is 40.0 Å². The first kappa shape index (κ1) is 14.0. The van der Waals surface area contributed by atoms with Gasteiger partial charge >= 0.3 is 0 Å². The van der Waals surface area contributed by atoms with Crippen LogP contribution in [0.2, 0.25) is 0 Å². The molecule has 0 nitrogen and oxygen atoms in total. The summed E-state index contributed by atoms with van der Waals surface area (Å²) < 4.78 is 0. The Hall–Kier alpha value is -1.04. The summed E-state index contributed by atoms with van der Waals surface area (Å²) in [5, 5.41) is 0. The average Bonchev–Trinajstić information content (AvgIpc) is 2.16. The van der Waals surface area contributed by atoms with E-state index < -0.39 is 0 Å². The van der Waals surface area contributed by atoms with Gasteiger partial charge in [-0.1, -0.05) is 48.6 Å². The van der Waals surface area contributed by atoms with E-state index in [-0.39, 0.29) is 0 Å². The molecule has 0 saturated carbocycles. The molecule has 0 heteroatoms. The van der Waals surface area contributed by atoms with Crippen molar-refractivity contribution in [3.63, 3.8) is 0 Å².